The molecule has 1 aromatic rings. The van der Waals surface area contributed by atoms with Crippen LogP contribution < -0.4 is 5.32 Å². The van der Waals surface area contributed by atoms with Crippen LogP contribution in [0.5, 0.6) is 0 Å². The molecule has 0 aromatic carbocycles. The number of hydrogen-bond acceptors (Lipinski definition) is 2. The molecule has 1 fully saturated rings. The van der Waals surface area contributed by atoms with Crippen LogP contribution in [0.1, 0.15) is 88.5 Å². The molecule has 0 spiro atoms. The standard InChI is InChI=1S/C18H31N3/c1-4-13(2)11-14(3)21-17-9-10-19-12-16(17)20-18(21)15-7-5-6-8-15/h13-15,19H,4-12H2,1-3H3. The van der Waals surface area contributed by atoms with Crippen molar-refractivity contribution >= 4 is 0 Å². The van der Waals surface area contributed by atoms with Crippen LogP contribution in [-0.2, 0) is 13.0 Å². The molecule has 1 saturated carbocycles. The van der Waals surface area contributed by atoms with Crippen LogP contribution in [0, 0.1) is 5.92 Å². The van der Waals surface area contributed by atoms with Gasteiger partial charge in [-0.1, -0.05) is 33.1 Å². The highest BCUT2D eigenvalue weighted by Gasteiger charge is 2.29. The van der Waals surface area contributed by atoms with Crippen molar-refractivity contribution in [1.82, 2.24) is 14.9 Å². The lowest BCUT2D eigenvalue weighted by Crippen LogP contribution is -2.26. The van der Waals surface area contributed by atoms with Crippen LogP contribution in [0.2, 0.25) is 0 Å². The average Bonchev–Trinajstić information content (AvgIpc) is 3.13. The van der Waals surface area contributed by atoms with E-state index in [1.807, 2.05) is 0 Å². The second kappa shape index (κ2) is 6.51. The molecule has 2 atom stereocenters. The molecule has 0 saturated heterocycles. The minimum absolute atomic E-state index is 0.602. The molecule has 1 N–H and O–H groups in total. The van der Waals surface area contributed by atoms with E-state index in [1.165, 1.54) is 55.7 Å². The van der Waals surface area contributed by atoms with E-state index in [-0.39, 0.29) is 0 Å². The first-order valence-corrected chi connectivity index (χ1v) is 9.01. The van der Waals surface area contributed by atoms with E-state index in [0.717, 1.165) is 31.3 Å². The minimum Gasteiger partial charge on any atom is -0.329 e. The van der Waals surface area contributed by atoms with Crippen LogP contribution in [0.4, 0.5) is 0 Å². The van der Waals surface area contributed by atoms with Crippen LogP contribution >= 0.6 is 0 Å². The summed E-state index contributed by atoms with van der Waals surface area (Å²) >= 11 is 0. The third-order valence-electron chi connectivity index (χ3n) is 5.55. The lowest BCUT2D eigenvalue weighted by Gasteiger charge is -2.25. The van der Waals surface area contributed by atoms with Gasteiger partial charge in [-0.15, -0.1) is 0 Å². The van der Waals surface area contributed by atoms with E-state index < -0.39 is 0 Å². The molecule has 3 rings (SSSR count). The summed E-state index contributed by atoms with van der Waals surface area (Å²) in [6, 6.07) is 0.602. The maximum absolute atomic E-state index is 5.09. The van der Waals surface area contributed by atoms with Gasteiger partial charge < -0.3 is 9.88 Å². The fourth-order valence-electron chi connectivity index (χ4n) is 4.17. The van der Waals surface area contributed by atoms with Gasteiger partial charge in [-0.05, 0) is 32.1 Å². The van der Waals surface area contributed by atoms with Gasteiger partial charge in [0.15, 0.2) is 0 Å². The number of hydrogen-bond donors (Lipinski definition) is 1. The van der Waals surface area contributed by atoms with E-state index in [0.29, 0.717) is 6.04 Å². The average molecular weight is 289 g/mol. The molecule has 0 radical (unpaired) electrons. The van der Waals surface area contributed by atoms with Gasteiger partial charge in [0.25, 0.3) is 0 Å². The maximum atomic E-state index is 5.09. The number of imidazole rings is 1. The molecule has 1 aliphatic carbocycles. The van der Waals surface area contributed by atoms with Crippen molar-refractivity contribution in [2.24, 2.45) is 5.92 Å². The Bertz CT molecular complexity index is 471. The highest BCUT2D eigenvalue weighted by Crippen LogP contribution is 2.37. The largest absolute Gasteiger partial charge is 0.329 e. The molecule has 2 aliphatic rings. The Hall–Kier alpha value is -0.830. The van der Waals surface area contributed by atoms with Crippen molar-refractivity contribution in [3.63, 3.8) is 0 Å². The Kier molecular flexibility index (Phi) is 4.68. The molecular formula is C18H31N3. The Balaban J connectivity index is 1.93. The van der Waals surface area contributed by atoms with E-state index in [1.54, 1.807) is 0 Å². The van der Waals surface area contributed by atoms with Crippen molar-refractivity contribution in [3.05, 3.63) is 17.2 Å². The Morgan fingerprint density at radius 3 is 2.76 bits per heavy atom. The van der Waals surface area contributed by atoms with Crippen molar-refractivity contribution in [2.75, 3.05) is 6.54 Å². The highest BCUT2D eigenvalue weighted by atomic mass is 15.1. The number of rotatable bonds is 5. The second-order valence-corrected chi connectivity index (χ2v) is 7.24. The van der Waals surface area contributed by atoms with E-state index in [9.17, 15) is 0 Å². The first-order chi connectivity index (χ1) is 10.2. The molecule has 0 bridgehead atoms. The predicted molar refractivity (Wildman–Crippen MR) is 87.6 cm³/mol. The van der Waals surface area contributed by atoms with E-state index in [4.69, 9.17) is 4.98 Å². The predicted octanol–water partition coefficient (Wildman–Crippen LogP) is 4.18. The summed E-state index contributed by atoms with van der Waals surface area (Å²) in [5.74, 6) is 2.93. The summed E-state index contributed by atoms with van der Waals surface area (Å²) in [5.41, 5.74) is 2.87. The van der Waals surface area contributed by atoms with Crippen LogP contribution in [0.25, 0.3) is 0 Å². The van der Waals surface area contributed by atoms with Crippen molar-refractivity contribution in [3.8, 4) is 0 Å². The number of nitrogens with zero attached hydrogens (tertiary/aromatic N) is 2. The summed E-state index contributed by atoms with van der Waals surface area (Å²) in [6.07, 6.45) is 9.19. The monoisotopic (exact) mass is 289 g/mol. The first kappa shape index (κ1) is 15.1. The Morgan fingerprint density at radius 1 is 1.29 bits per heavy atom. The van der Waals surface area contributed by atoms with E-state index >= 15 is 0 Å². The molecule has 2 heterocycles. The van der Waals surface area contributed by atoms with Crippen molar-refractivity contribution < 1.29 is 0 Å². The molecule has 2 unspecified atom stereocenters. The summed E-state index contributed by atoms with van der Waals surface area (Å²) < 4.78 is 2.65. The van der Waals surface area contributed by atoms with Gasteiger partial charge in [-0.2, -0.15) is 0 Å². The number of nitrogens with one attached hydrogen (secondary N) is 1. The first-order valence-electron chi connectivity index (χ1n) is 9.01. The van der Waals surface area contributed by atoms with Crippen LogP contribution in [0.15, 0.2) is 0 Å². The topological polar surface area (TPSA) is 29.9 Å². The third kappa shape index (κ3) is 3.03. The zero-order valence-corrected chi connectivity index (χ0v) is 14.0. The zero-order valence-electron chi connectivity index (χ0n) is 14.0. The Labute approximate surface area is 129 Å². The summed E-state index contributed by atoms with van der Waals surface area (Å²) in [4.78, 5) is 5.09. The maximum Gasteiger partial charge on any atom is 0.112 e. The minimum atomic E-state index is 0.602. The van der Waals surface area contributed by atoms with Gasteiger partial charge in [0.05, 0.1) is 5.69 Å². The highest BCUT2D eigenvalue weighted by molar-refractivity contribution is 5.23. The van der Waals surface area contributed by atoms with Crippen LogP contribution in [-0.4, -0.2) is 16.1 Å². The molecular weight excluding hydrogens is 258 g/mol. The fraction of sp³-hybridized carbons (Fsp3) is 0.833. The van der Waals surface area contributed by atoms with Crippen LogP contribution in [0.3, 0.4) is 0 Å². The molecule has 0 amide bonds. The van der Waals surface area contributed by atoms with Gasteiger partial charge in [-0.3, -0.25) is 0 Å². The normalized spacial score (nSPS) is 22.2. The van der Waals surface area contributed by atoms with Gasteiger partial charge in [0.2, 0.25) is 0 Å². The number of aromatic nitrogens is 2. The van der Waals surface area contributed by atoms with Gasteiger partial charge in [0, 0.05) is 37.2 Å². The zero-order chi connectivity index (χ0) is 14.8. The molecule has 1 aliphatic heterocycles. The Morgan fingerprint density at radius 2 is 2.05 bits per heavy atom. The van der Waals surface area contributed by atoms with Crippen molar-refractivity contribution in [1.29, 1.82) is 0 Å². The quantitative estimate of drug-likeness (QED) is 0.881. The lowest BCUT2D eigenvalue weighted by molar-refractivity contribution is 0.375. The molecule has 1 aromatic heterocycles. The van der Waals surface area contributed by atoms with E-state index in [2.05, 4.69) is 30.7 Å². The van der Waals surface area contributed by atoms with Crippen molar-refractivity contribution in [2.45, 2.75) is 84.2 Å². The smallest absolute Gasteiger partial charge is 0.112 e. The lowest BCUT2D eigenvalue weighted by atomic mass is 9.98. The third-order valence-corrected chi connectivity index (χ3v) is 5.55. The van der Waals surface area contributed by atoms with Gasteiger partial charge in [-0.25, -0.2) is 4.98 Å². The fourth-order valence-corrected chi connectivity index (χ4v) is 4.17. The summed E-state index contributed by atoms with van der Waals surface area (Å²) in [6.45, 7) is 9.19. The summed E-state index contributed by atoms with van der Waals surface area (Å²) in [7, 11) is 0. The molecule has 118 valence electrons. The molecule has 3 heteroatoms. The van der Waals surface area contributed by atoms with Gasteiger partial charge in [0.1, 0.15) is 5.82 Å². The molecule has 3 nitrogen and oxygen atoms in total. The van der Waals surface area contributed by atoms with Gasteiger partial charge >= 0.3 is 0 Å². The second-order valence-electron chi connectivity index (χ2n) is 7.24. The SMILES string of the molecule is CCC(C)CC(C)n1c(C2CCCC2)nc2c1CCNC2. The summed E-state index contributed by atoms with van der Waals surface area (Å²) in [5, 5.41) is 3.49. The molecule has 21 heavy (non-hydrogen) atoms. The number of fused-ring (bicyclic) bond motifs is 1.